The molecule has 4 aliphatic heterocycles. The second kappa shape index (κ2) is 17.5. The molecule has 4 aliphatic rings. The zero-order valence-corrected chi connectivity index (χ0v) is 37.1. The van der Waals surface area contributed by atoms with Crippen molar-refractivity contribution < 1.29 is 53.8 Å². The van der Waals surface area contributed by atoms with Crippen LogP contribution in [-0.4, -0.2) is 106 Å². The van der Waals surface area contributed by atoms with Gasteiger partial charge < -0.3 is 49.6 Å². The largest absolute Gasteiger partial charge is 0.507 e. The fourth-order valence-electron chi connectivity index (χ4n) is 9.24. The first-order valence-electron chi connectivity index (χ1n) is 21.2. The number of aliphatic hydroxyl groups is 2. The number of nitrogens with one attached hydrogen (secondary N) is 1. The number of phenolic OH excluding ortho intramolecular Hbond substituents is 2. The van der Waals surface area contributed by atoms with Gasteiger partial charge >= 0.3 is 11.8 Å². The highest BCUT2D eigenvalue weighted by molar-refractivity contribution is 6.21. The van der Waals surface area contributed by atoms with Crippen molar-refractivity contribution in [3.05, 3.63) is 58.0 Å². The van der Waals surface area contributed by atoms with Gasteiger partial charge in [-0.1, -0.05) is 59.8 Å². The molecule has 6 rings (SSSR count). The number of rotatable bonds is 4. The van der Waals surface area contributed by atoms with Gasteiger partial charge in [0.25, 0.3) is 11.7 Å². The van der Waals surface area contributed by atoms with Crippen molar-refractivity contribution in [3.63, 3.8) is 0 Å². The van der Waals surface area contributed by atoms with Gasteiger partial charge in [0.05, 0.1) is 41.2 Å². The van der Waals surface area contributed by atoms with E-state index in [1.54, 1.807) is 65.8 Å². The normalized spacial score (nSPS) is 32.7. The van der Waals surface area contributed by atoms with Crippen LogP contribution in [0.1, 0.15) is 91.1 Å². The number of phenols is 2. The highest BCUT2D eigenvalue weighted by atomic mass is 16.7. The number of fused-ring (bicyclic) bond motifs is 1. The number of hydrogen-bond donors (Lipinski definition) is 5. The molecule has 9 atom stereocenters. The van der Waals surface area contributed by atoms with Gasteiger partial charge in [0.2, 0.25) is 0 Å². The van der Waals surface area contributed by atoms with E-state index in [0.29, 0.717) is 24.4 Å². The van der Waals surface area contributed by atoms with Crippen molar-refractivity contribution in [2.45, 2.75) is 118 Å². The predicted octanol–water partition coefficient (Wildman–Crippen LogP) is 4.75. The second-order valence-corrected chi connectivity index (χ2v) is 18.0. The van der Waals surface area contributed by atoms with Crippen molar-refractivity contribution >= 4 is 34.1 Å². The Morgan fingerprint density at radius 1 is 0.984 bits per heavy atom. The summed E-state index contributed by atoms with van der Waals surface area (Å²) >= 11 is 0. The maximum atomic E-state index is 14.7. The molecule has 2 aromatic rings. The van der Waals surface area contributed by atoms with E-state index in [0.717, 1.165) is 19.6 Å². The Bertz CT molecular complexity index is 2300. The number of hydrogen-bond acceptors (Lipinski definition) is 14. The minimum Gasteiger partial charge on any atom is -0.507 e. The molecule has 4 heterocycles. The lowest BCUT2D eigenvalue weighted by Crippen LogP contribution is -2.47. The van der Waals surface area contributed by atoms with Crippen LogP contribution in [0.15, 0.2) is 46.1 Å². The van der Waals surface area contributed by atoms with E-state index in [1.165, 1.54) is 27.2 Å². The summed E-state index contributed by atoms with van der Waals surface area (Å²) in [6, 6.07) is 0. The first-order chi connectivity index (χ1) is 28.6. The second-order valence-electron chi connectivity index (χ2n) is 18.0. The van der Waals surface area contributed by atoms with Crippen LogP contribution in [0.4, 0.5) is 5.69 Å². The SMILES string of the molecule is CO[C@H]1/C=C/O[C@@]2(C)Oc3c(C)c(O)c4c(O)c(c5c(c4c3C2=O)NC2(CCN(CC(C)C)CC2)N=5)=NC(=O)/C(C)=C\C=C\[C@H](C)[C@H](O)[C@@H](C)[C@@H](O)[C@H](C)[C@H](OC(C)=O)[C@H]1C. The van der Waals surface area contributed by atoms with Gasteiger partial charge in [0.15, 0.2) is 5.75 Å². The van der Waals surface area contributed by atoms with E-state index in [1.807, 2.05) is 0 Å². The molecule has 1 spiro atoms. The number of nitrogens with zero attached hydrogens (tertiary/aromatic N) is 3. The summed E-state index contributed by atoms with van der Waals surface area (Å²) in [6.07, 6.45) is 5.07. The number of ketones is 1. The lowest BCUT2D eigenvalue weighted by molar-refractivity contribution is -0.160. The van der Waals surface area contributed by atoms with Crippen LogP contribution in [0.25, 0.3) is 10.8 Å². The van der Waals surface area contributed by atoms with Crippen LogP contribution >= 0.6 is 0 Å². The average Bonchev–Trinajstić information content (AvgIpc) is 3.71. The fourth-order valence-corrected chi connectivity index (χ4v) is 9.24. The number of carbonyl (C=O) groups excluding carboxylic acids is 3. The molecular formula is C46H62N4O11. The summed E-state index contributed by atoms with van der Waals surface area (Å²) in [7, 11) is 1.47. The number of aliphatic hydroxyl groups excluding tert-OH is 2. The Kier molecular flexibility index (Phi) is 13.1. The van der Waals surface area contributed by atoms with Crippen molar-refractivity contribution in [3.8, 4) is 17.2 Å². The van der Waals surface area contributed by atoms with Gasteiger partial charge in [0.1, 0.15) is 34.0 Å². The number of piperidine rings is 1. The third kappa shape index (κ3) is 8.54. The molecule has 0 aliphatic carbocycles. The summed E-state index contributed by atoms with van der Waals surface area (Å²) in [5.74, 6) is -6.57. The highest BCUT2D eigenvalue weighted by Crippen LogP contribution is 2.51. The van der Waals surface area contributed by atoms with E-state index in [-0.39, 0.29) is 49.7 Å². The van der Waals surface area contributed by atoms with E-state index in [9.17, 15) is 34.8 Å². The Balaban J connectivity index is 1.55. The molecule has 15 nitrogen and oxygen atoms in total. The third-order valence-corrected chi connectivity index (χ3v) is 12.9. The minimum atomic E-state index is -1.95. The third-order valence-electron chi connectivity index (χ3n) is 12.9. The summed E-state index contributed by atoms with van der Waals surface area (Å²) in [5.41, 5.74) is -0.111. The number of ether oxygens (including phenoxy) is 4. The van der Waals surface area contributed by atoms with Crippen molar-refractivity contribution in [1.29, 1.82) is 0 Å². The highest BCUT2D eigenvalue weighted by Gasteiger charge is 2.51. The molecule has 0 saturated carbocycles. The number of esters is 1. The summed E-state index contributed by atoms with van der Waals surface area (Å²) in [4.78, 5) is 52.9. The molecule has 15 heteroatoms. The Morgan fingerprint density at radius 2 is 1.66 bits per heavy atom. The quantitative estimate of drug-likeness (QED) is 0.208. The average molecular weight is 847 g/mol. The van der Waals surface area contributed by atoms with E-state index in [4.69, 9.17) is 23.9 Å². The topological polar surface area (TPSA) is 209 Å². The maximum Gasteiger partial charge on any atom is 0.312 e. The Labute approximate surface area is 356 Å². The summed E-state index contributed by atoms with van der Waals surface area (Å²) in [6.45, 7) is 19.6. The van der Waals surface area contributed by atoms with Gasteiger partial charge in [-0.05, 0) is 25.8 Å². The standard InChI is InChI=1S/C46H62N4O11/c1-22(2)21-50-18-16-46(17-19-50)48-34-31-32-39(54)28(8)42-33(31)43(56)45(10,61-42)59-20-15-30(58-11)25(5)41(60-29(9)51)27(7)38(53)26(6)37(52)23(3)13-12-14-24(4)44(57)47-36(40(32)55)35(34)49-46/h12-15,20,22-23,25-27,30,37-38,41,48,52-55H,16-19,21H2,1-11H3/b13-12+,20-15+,24-14-,47-36?/t23-,25-,26+,27-,30-,37-,38+,41+,45-/m0/s1. The van der Waals surface area contributed by atoms with Crippen molar-refractivity contribution in [1.82, 2.24) is 4.90 Å². The molecule has 5 N–H and O–H groups in total. The van der Waals surface area contributed by atoms with Crippen LogP contribution in [0.2, 0.25) is 0 Å². The fraction of sp³-hybridized carbons (Fsp3) is 0.587. The number of allylic oxidation sites excluding steroid dienone is 2. The number of methoxy groups -OCH3 is 1. The number of Topliss-reactive ketones (excluding diaryl/α,β-unsaturated/α-hetero) is 1. The molecule has 61 heavy (non-hydrogen) atoms. The molecule has 1 fully saturated rings. The van der Waals surface area contributed by atoms with Crippen LogP contribution in [-0.2, 0) is 23.8 Å². The lowest BCUT2D eigenvalue weighted by atomic mass is 9.78. The molecule has 4 bridgehead atoms. The molecule has 0 unspecified atom stereocenters. The lowest BCUT2D eigenvalue weighted by Gasteiger charge is -2.38. The Hall–Kier alpha value is -4.83. The van der Waals surface area contributed by atoms with E-state index >= 15 is 0 Å². The monoisotopic (exact) mass is 846 g/mol. The predicted molar refractivity (Wildman–Crippen MR) is 228 cm³/mol. The van der Waals surface area contributed by atoms with Gasteiger partial charge in [0, 0.05) is 93.6 Å². The minimum absolute atomic E-state index is 0.0538. The zero-order valence-electron chi connectivity index (χ0n) is 37.1. The number of amides is 1. The molecule has 2 aromatic carbocycles. The molecule has 0 aromatic heterocycles. The number of carbonyl (C=O) groups is 3. The smallest absolute Gasteiger partial charge is 0.312 e. The number of likely N-dealkylation sites (tertiary alicyclic amines) is 1. The maximum absolute atomic E-state index is 14.7. The summed E-state index contributed by atoms with van der Waals surface area (Å²) < 4.78 is 24.0. The summed E-state index contributed by atoms with van der Waals surface area (Å²) in [5, 5.41) is 50.5. The number of aromatic hydroxyl groups is 2. The van der Waals surface area contributed by atoms with Crippen molar-refractivity contribution in [2.75, 3.05) is 32.1 Å². The first kappa shape index (κ1) is 45.7. The van der Waals surface area contributed by atoms with Gasteiger partial charge in [-0.15, -0.1) is 0 Å². The van der Waals surface area contributed by atoms with Gasteiger partial charge in [-0.3, -0.25) is 19.4 Å². The van der Waals surface area contributed by atoms with Crippen LogP contribution in [0.3, 0.4) is 0 Å². The zero-order chi connectivity index (χ0) is 44.9. The molecule has 1 amide bonds. The number of anilines is 1. The van der Waals surface area contributed by atoms with E-state index in [2.05, 4.69) is 29.1 Å². The number of benzene rings is 2. The van der Waals surface area contributed by atoms with Crippen LogP contribution in [0, 0.1) is 36.5 Å². The molecule has 1 saturated heterocycles. The van der Waals surface area contributed by atoms with Gasteiger partial charge in [-0.2, -0.15) is 0 Å². The van der Waals surface area contributed by atoms with Crippen molar-refractivity contribution in [2.24, 2.45) is 39.6 Å². The van der Waals surface area contributed by atoms with Crippen LogP contribution in [0.5, 0.6) is 17.2 Å². The molecule has 332 valence electrons. The molecular weight excluding hydrogens is 785 g/mol. The Morgan fingerprint density at radius 3 is 2.28 bits per heavy atom. The first-order valence-corrected chi connectivity index (χ1v) is 21.2. The van der Waals surface area contributed by atoms with Gasteiger partial charge in [-0.25, -0.2) is 4.99 Å². The molecule has 0 radical (unpaired) electrons. The van der Waals surface area contributed by atoms with Crippen LogP contribution < -0.4 is 20.8 Å². The van der Waals surface area contributed by atoms with E-state index < -0.39 is 82.9 Å².